The van der Waals surface area contributed by atoms with Gasteiger partial charge in [-0.15, -0.1) is 0 Å². The Morgan fingerprint density at radius 3 is 2.56 bits per heavy atom. The highest BCUT2D eigenvalue weighted by Gasteiger charge is 2.11. The number of hydrogen-bond acceptors (Lipinski definition) is 3. The molecule has 0 spiro atoms. The maximum atomic E-state index is 13.5. The third kappa shape index (κ3) is 3.42. The van der Waals surface area contributed by atoms with Gasteiger partial charge in [0.2, 0.25) is 5.43 Å². The number of H-pyrrole nitrogens is 1. The van der Waals surface area contributed by atoms with Crippen LogP contribution in [0.4, 0.5) is 25.0 Å². The van der Waals surface area contributed by atoms with Gasteiger partial charge in [0.05, 0.1) is 18.3 Å². The van der Waals surface area contributed by atoms with Crippen molar-refractivity contribution in [3.05, 3.63) is 64.5 Å². The third-order valence-electron chi connectivity index (χ3n) is 3.52. The smallest absolute Gasteiger partial charge is 0.323 e. The number of fused-ring (bicyclic) bond motifs is 1. The number of benzene rings is 2. The van der Waals surface area contributed by atoms with Gasteiger partial charge in [-0.05, 0) is 24.3 Å². The Hall–Kier alpha value is -3.42. The summed E-state index contributed by atoms with van der Waals surface area (Å²) in [5, 5.41) is 4.90. The lowest BCUT2D eigenvalue weighted by Gasteiger charge is -2.09. The van der Waals surface area contributed by atoms with Gasteiger partial charge in [-0.3, -0.25) is 4.79 Å². The number of rotatable bonds is 3. The summed E-state index contributed by atoms with van der Waals surface area (Å²) in [4.78, 5) is 27.2. The summed E-state index contributed by atoms with van der Waals surface area (Å²) in [7, 11) is 1.51. The van der Waals surface area contributed by atoms with Crippen LogP contribution >= 0.6 is 0 Å². The van der Waals surface area contributed by atoms with Crippen LogP contribution in [0.1, 0.15) is 0 Å². The minimum atomic E-state index is -0.922. The second-order valence-electron chi connectivity index (χ2n) is 5.15. The molecule has 3 rings (SSSR count). The third-order valence-corrected chi connectivity index (χ3v) is 3.52. The summed E-state index contributed by atoms with van der Waals surface area (Å²) in [6.45, 7) is 0. The van der Waals surface area contributed by atoms with Crippen LogP contribution in [-0.2, 0) is 0 Å². The Morgan fingerprint density at radius 2 is 1.84 bits per heavy atom. The summed E-state index contributed by atoms with van der Waals surface area (Å²) in [5.41, 5.74) is -0.0930. The molecule has 128 valence electrons. The Morgan fingerprint density at radius 1 is 1.08 bits per heavy atom. The largest absolute Gasteiger partial charge is 0.497 e. The standard InChI is InChI=1S/C17H13F2N3O3/c1-25-10-3-4-11-14(7-10)20-8-15(16(11)23)22-17(24)21-13-5-2-9(18)6-12(13)19/h2-8H,1H3,(H,20,23)(H2,21,22,24). The van der Waals surface area contributed by atoms with Crippen molar-refractivity contribution in [3.8, 4) is 5.75 Å². The number of carbonyl (C=O) groups excluding carboxylic acids is 1. The molecule has 6 nitrogen and oxygen atoms in total. The number of hydrogen-bond donors (Lipinski definition) is 3. The molecule has 0 atom stereocenters. The molecular formula is C17H13F2N3O3. The number of halogens is 2. The average Bonchev–Trinajstić information content (AvgIpc) is 2.59. The van der Waals surface area contributed by atoms with Crippen molar-refractivity contribution in [3.63, 3.8) is 0 Å². The first-order chi connectivity index (χ1) is 12.0. The number of urea groups is 1. The molecular weight excluding hydrogens is 332 g/mol. The minimum absolute atomic E-state index is 0.0160. The van der Waals surface area contributed by atoms with E-state index in [0.29, 0.717) is 22.7 Å². The zero-order valence-corrected chi connectivity index (χ0v) is 13.0. The van der Waals surface area contributed by atoms with Crippen molar-refractivity contribution < 1.29 is 18.3 Å². The number of ether oxygens (including phenoxy) is 1. The molecule has 0 saturated heterocycles. The molecule has 0 bridgehead atoms. The second kappa shape index (κ2) is 6.60. The van der Waals surface area contributed by atoms with E-state index in [2.05, 4.69) is 15.6 Å². The molecule has 0 radical (unpaired) electrons. The molecule has 3 aromatic rings. The molecule has 0 unspecified atom stereocenters. The minimum Gasteiger partial charge on any atom is -0.497 e. The van der Waals surface area contributed by atoms with Gasteiger partial charge >= 0.3 is 6.03 Å². The molecule has 0 saturated carbocycles. The van der Waals surface area contributed by atoms with Crippen LogP contribution in [0, 0.1) is 11.6 Å². The molecule has 0 fully saturated rings. The van der Waals surface area contributed by atoms with Gasteiger partial charge in [0.1, 0.15) is 23.1 Å². The van der Waals surface area contributed by atoms with E-state index in [0.717, 1.165) is 12.1 Å². The molecule has 0 aliphatic rings. The monoisotopic (exact) mass is 345 g/mol. The van der Waals surface area contributed by atoms with Crippen LogP contribution < -0.4 is 20.8 Å². The summed E-state index contributed by atoms with van der Waals surface area (Å²) in [5.74, 6) is -1.10. The SMILES string of the molecule is COc1ccc2c(=O)c(NC(=O)Nc3ccc(F)cc3F)c[nH]c2c1. The molecule has 25 heavy (non-hydrogen) atoms. The van der Waals surface area contributed by atoms with E-state index in [4.69, 9.17) is 4.74 Å². The van der Waals surface area contributed by atoms with Gasteiger partial charge < -0.3 is 20.4 Å². The van der Waals surface area contributed by atoms with Crippen LogP contribution in [0.5, 0.6) is 5.75 Å². The average molecular weight is 345 g/mol. The van der Waals surface area contributed by atoms with E-state index in [1.165, 1.54) is 13.3 Å². The highest BCUT2D eigenvalue weighted by molar-refractivity contribution is 6.00. The van der Waals surface area contributed by atoms with Crippen LogP contribution in [0.25, 0.3) is 10.9 Å². The number of nitrogens with one attached hydrogen (secondary N) is 3. The molecule has 0 aliphatic heterocycles. The zero-order chi connectivity index (χ0) is 18.0. The van der Waals surface area contributed by atoms with Crippen molar-refractivity contribution in [2.45, 2.75) is 0 Å². The number of carbonyl (C=O) groups is 1. The van der Waals surface area contributed by atoms with Crippen LogP contribution in [-0.4, -0.2) is 18.1 Å². The fourth-order valence-corrected chi connectivity index (χ4v) is 2.29. The highest BCUT2D eigenvalue weighted by Crippen LogP contribution is 2.18. The lowest BCUT2D eigenvalue weighted by molar-refractivity contribution is 0.262. The van der Waals surface area contributed by atoms with Crippen LogP contribution in [0.3, 0.4) is 0 Å². The van der Waals surface area contributed by atoms with E-state index in [9.17, 15) is 18.4 Å². The Labute approximate surface area is 140 Å². The topological polar surface area (TPSA) is 83.2 Å². The van der Waals surface area contributed by atoms with Crippen molar-refractivity contribution in [1.29, 1.82) is 0 Å². The van der Waals surface area contributed by atoms with Crippen molar-refractivity contribution in [2.75, 3.05) is 17.7 Å². The molecule has 3 N–H and O–H groups in total. The quantitative estimate of drug-likeness (QED) is 0.680. The molecule has 1 heterocycles. The predicted molar refractivity (Wildman–Crippen MR) is 90.1 cm³/mol. The highest BCUT2D eigenvalue weighted by atomic mass is 19.1. The summed E-state index contributed by atoms with van der Waals surface area (Å²) in [6.07, 6.45) is 1.32. The summed E-state index contributed by atoms with van der Waals surface area (Å²) < 4.78 is 31.5. The van der Waals surface area contributed by atoms with Crippen LogP contribution in [0.15, 0.2) is 47.4 Å². The molecule has 2 amide bonds. The summed E-state index contributed by atoms with van der Waals surface area (Å²) in [6, 6.07) is 6.74. The maximum Gasteiger partial charge on any atom is 0.323 e. The van der Waals surface area contributed by atoms with E-state index in [-0.39, 0.29) is 11.4 Å². The first kappa shape index (κ1) is 16.4. The van der Waals surface area contributed by atoms with Crippen molar-refractivity contribution in [1.82, 2.24) is 4.98 Å². The maximum absolute atomic E-state index is 13.5. The number of methoxy groups -OCH3 is 1. The normalized spacial score (nSPS) is 10.5. The van der Waals surface area contributed by atoms with Gasteiger partial charge in [-0.25, -0.2) is 13.6 Å². The Bertz CT molecular complexity index is 1020. The molecule has 2 aromatic carbocycles. The molecule has 1 aromatic heterocycles. The number of aromatic nitrogens is 1. The van der Waals surface area contributed by atoms with Gasteiger partial charge in [0.15, 0.2) is 0 Å². The Balaban J connectivity index is 1.83. The molecule has 8 heteroatoms. The fourth-order valence-electron chi connectivity index (χ4n) is 2.29. The number of amides is 2. The van der Waals surface area contributed by atoms with Crippen LogP contribution in [0.2, 0.25) is 0 Å². The van der Waals surface area contributed by atoms with E-state index < -0.39 is 23.1 Å². The second-order valence-corrected chi connectivity index (χ2v) is 5.15. The number of pyridine rings is 1. The molecule has 0 aliphatic carbocycles. The predicted octanol–water partition coefficient (Wildman–Crippen LogP) is 3.46. The van der Waals surface area contributed by atoms with Crippen molar-refractivity contribution in [2.24, 2.45) is 0 Å². The van der Waals surface area contributed by atoms with E-state index in [1.54, 1.807) is 18.2 Å². The lowest BCUT2D eigenvalue weighted by Crippen LogP contribution is -2.24. The summed E-state index contributed by atoms with van der Waals surface area (Å²) >= 11 is 0. The number of aromatic amines is 1. The lowest BCUT2D eigenvalue weighted by atomic mass is 10.2. The fraction of sp³-hybridized carbons (Fsp3) is 0.0588. The first-order valence-corrected chi connectivity index (χ1v) is 7.20. The van der Waals surface area contributed by atoms with Gasteiger partial charge in [0.25, 0.3) is 0 Å². The van der Waals surface area contributed by atoms with E-state index >= 15 is 0 Å². The Kier molecular flexibility index (Phi) is 4.34. The van der Waals surface area contributed by atoms with Gasteiger partial charge in [-0.1, -0.05) is 0 Å². The van der Waals surface area contributed by atoms with Crippen molar-refractivity contribution >= 4 is 28.3 Å². The van der Waals surface area contributed by atoms with E-state index in [1.807, 2.05) is 0 Å². The zero-order valence-electron chi connectivity index (χ0n) is 13.0. The first-order valence-electron chi connectivity index (χ1n) is 7.20. The number of anilines is 2. The van der Waals surface area contributed by atoms with Gasteiger partial charge in [0, 0.05) is 23.7 Å². The van der Waals surface area contributed by atoms with Gasteiger partial charge in [-0.2, -0.15) is 0 Å².